The van der Waals surface area contributed by atoms with Crippen LogP contribution in [0.3, 0.4) is 0 Å². The highest BCUT2D eigenvalue weighted by Crippen LogP contribution is 2.19. The Hall–Kier alpha value is -0.0400. The van der Waals surface area contributed by atoms with Gasteiger partial charge in [-0.1, -0.05) is 65.7 Å². The zero-order valence-corrected chi connectivity index (χ0v) is 11.8. The Labute approximate surface area is 103 Å². The normalized spacial score (nSPS) is 17.1. The number of aliphatic hydroxyl groups is 1. The molecule has 0 rings (SSSR count). The molecule has 0 heterocycles. The fraction of sp³-hybridized carbons (Fsp3) is 1.00. The summed E-state index contributed by atoms with van der Waals surface area (Å²) in [6, 6.07) is 0. The summed E-state index contributed by atoms with van der Waals surface area (Å²) in [7, 11) is 0. The van der Waals surface area contributed by atoms with Crippen molar-refractivity contribution in [3.8, 4) is 0 Å². The molecule has 0 bridgehead atoms. The maximum atomic E-state index is 9.39. The number of unbranched alkanes of at least 4 members (excludes halogenated alkanes) is 3. The van der Waals surface area contributed by atoms with Gasteiger partial charge in [-0.2, -0.15) is 0 Å². The average molecular weight is 228 g/mol. The molecule has 0 radical (unpaired) electrons. The van der Waals surface area contributed by atoms with Crippen molar-refractivity contribution < 1.29 is 5.11 Å². The highest BCUT2D eigenvalue weighted by molar-refractivity contribution is 4.61. The molecule has 1 N–H and O–H groups in total. The van der Waals surface area contributed by atoms with Gasteiger partial charge in [0.25, 0.3) is 0 Å². The van der Waals surface area contributed by atoms with Crippen molar-refractivity contribution in [1.82, 2.24) is 0 Å². The van der Waals surface area contributed by atoms with Crippen LogP contribution in [0.25, 0.3) is 0 Å². The van der Waals surface area contributed by atoms with Gasteiger partial charge >= 0.3 is 0 Å². The lowest BCUT2D eigenvalue weighted by Gasteiger charge is -2.16. The molecule has 0 aromatic carbocycles. The van der Waals surface area contributed by atoms with Gasteiger partial charge in [-0.15, -0.1) is 0 Å². The van der Waals surface area contributed by atoms with Crippen LogP contribution in [0.5, 0.6) is 0 Å². The molecule has 3 unspecified atom stereocenters. The van der Waals surface area contributed by atoms with Crippen LogP contribution in [0, 0.1) is 11.8 Å². The number of hydrogen-bond acceptors (Lipinski definition) is 1. The van der Waals surface area contributed by atoms with Crippen LogP contribution in [0.1, 0.15) is 79.1 Å². The Morgan fingerprint density at radius 2 is 1.44 bits per heavy atom. The molecule has 0 saturated heterocycles. The molecule has 0 fully saturated rings. The topological polar surface area (TPSA) is 20.2 Å². The molecule has 0 amide bonds. The minimum Gasteiger partial charge on any atom is -0.393 e. The molecular formula is C15H32O. The number of rotatable bonds is 10. The predicted octanol–water partition coefficient (Wildman–Crippen LogP) is 4.78. The van der Waals surface area contributed by atoms with Crippen molar-refractivity contribution in [3.05, 3.63) is 0 Å². The van der Waals surface area contributed by atoms with Gasteiger partial charge in [0.1, 0.15) is 0 Å². The summed E-state index contributed by atoms with van der Waals surface area (Å²) in [6.45, 7) is 8.69. The lowest BCUT2D eigenvalue weighted by atomic mass is 9.93. The second-order valence-electron chi connectivity index (χ2n) is 5.60. The zero-order valence-electron chi connectivity index (χ0n) is 11.8. The summed E-state index contributed by atoms with van der Waals surface area (Å²) in [5.74, 6) is 1.34. The summed E-state index contributed by atoms with van der Waals surface area (Å²) in [5.41, 5.74) is 0. The van der Waals surface area contributed by atoms with Gasteiger partial charge in [-0.3, -0.25) is 0 Å². The van der Waals surface area contributed by atoms with Crippen LogP contribution in [0.4, 0.5) is 0 Å². The second kappa shape index (κ2) is 10.1. The van der Waals surface area contributed by atoms with E-state index in [1.807, 2.05) is 6.92 Å². The van der Waals surface area contributed by atoms with E-state index in [4.69, 9.17) is 0 Å². The summed E-state index contributed by atoms with van der Waals surface area (Å²) in [5, 5.41) is 9.39. The number of hydrogen-bond donors (Lipinski definition) is 1. The molecule has 0 aliphatic heterocycles. The van der Waals surface area contributed by atoms with Crippen LogP contribution < -0.4 is 0 Å². The van der Waals surface area contributed by atoms with E-state index in [-0.39, 0.29) is 6.10 Å². The largest absolute Gasteiger partial charge is 0.393 e. The van der Waals surface area contributed by atoms with Crippen LogP contribution in [0.15, 0.2) is 0 Å². The summed E-state index contributed by atoms with van der Waals surface area (Å²) in [4.78, 5) is 0. The van der Waals surface area contributed by atoms with Gasteiger partial charge in [0.05, 0.1) is 6.10 Å². The Morgan fingerprint density at radius 1 is 0.812 bits per heavy atom. The van der Waals surface area contributed by atoms with Gasteiger partial charge in [-0.05, 0) is 25.2 Å². The fourth-order valence-corrected chi connectivity index (χ4v) is 2.09. The van der Waals surface area contributed by atoms with E-state index >= 15 is 0 Å². The van der Waals surface area contributed by atoms with Crippen LogP contribution in [0.2, 0.25) is 0 Å². The van der Waals surface area contributed by atoms with E-state index in [9.17, 15) is 5.11 Å². The minimum atomic E-state index is -0.139. The molecule has 0 saturated carbocycles. The molecule has 1 heteroatoms. The van der Waals surface area contributed by atoms with Crippen LogP contribution in [-0.4, -0.2) is 11.2 Å². The molecule has 98 valence electrons. The van der Waals surface area contributed by atoms with Crippen LogP contribution in [-0.2, 0) is 0 Å². The molecule has 1 nitrogen and oxygen atoms in total. The maximum absolute atomic E-state index is 9.39. The summed E-state index contributed by atoms with van der Waals surface area (Å²) >= 11 is 0. The smallest absolute Gasteiger partial charge is 0.0537 e. The Bertz CT molecular complexity index is 142. The summed E-state index contributed by atoms with van der Waals surface area (Å²) in [6.07, 6.45) is 10.6. The molecular weight excluding hydrogens is 196 g/mol. The minimum absolute atomic E-state index is 0.139. The first-order chi connectivity index (χ1) is 7.57. The van der Waals surface area contributed by atoms with Gasteiger partial charge in [-0.25, -0.2) is 0 Å². The van der Waals surface area contributed by atoms with E-state index in [0.29, 0.717) is 5.92 Å². The summed E-state index contributed by atoms with van der Waals surface area (Å²) < 4.78 is 0. The van der Waals surface area contributed by atoms with Crippen molar-refractivity contribution in [2.24, 2.45) is 11.8 Å². The highest BCUT2D eigenvalue weighted by atomic mass is 16.3. The third-order valence-corrected chi connectivity index (χ3v) is 3.73. The predicted molar refractivity (Wildman–Crippen MR) is 72.6 cm³/mol. The molecule has 16 heavy (non-hydrogen) atoms. The first kappa shape index (κ1) is 16.0. The quantitative estimate of drug-likeness (QED) is 0.533. The van der Waals surface area contributed by atoms with Crippen molar-refractivity contribution in [2.45, 2.75) is 85.2 Å². The maximum Gasteiger partial charge on any atom is 0.0537 e. The third kappa shape index (κ3) is 9.21. The molecule has 3 atom stereocenters. The van der Waals surface area contributed by atoms with E-state index in [2.05, 4.69) is 20.8 Å². The number of aliphatic hydroxyl groups excluding tert-OH is 1. The lowest BCUT2D eigenvalue weighted by Crippen LogP contribution is -2.13. The Balaban J connectivity index is 3.33. The standard InChI is InChI=1S/C15H32O/c1-5-6-7-8-10-13(2)11-9-12-14(3)15(4)16/h13-16H,5-12H2,1-4H3. The van der Waals surface area contributed by atoms with Gasteiger partial charge in [0.2, 0.25) is 0 Å². The Morgan fingerprint density at radius 3 is 2.00 bits per heavy atom. The molecule has 0 aliphatic rings. The van der Waals surface area contributed by atoms with Crippen molar-refractivity contribution in [3.63, 3.8) is 0 Å². The first-order valence-electron chi connectivity index (χ1n) is 7.26. The zero-order chi connectivity index (χ0) is 12.4. The molecule has 0 spiro atoms. The van der Waals surface area contributed by atoms with Gasteiger partial charge < -0.3 is 5.11 Å². The monoisotopic (exact) mass is 228 g/mol. The van der Waals surface area contributed by atoms with Gasteiger partial charge in [0, 0.05) is 0 Å². The second-order valence-corrected chi connectivity index (χ2v) is 5.60. The first-order valence-corrected chi connectivity index (χ1v) is 7.26. The van der Waals surface area contributed by atoms with E-state index in [0.717, 1.165) is 5.92 Å². The van der Waals surface area contributed by atoms with Crippen molar-refractivity contribution >= 4 is 0 Å². The van der Waals surface area contributed by atoms with Crippen molar-refractivity contribution in [1.29, 1.82) is 0 Å². The van der Waals surface area contributed by atoms with Gasteiger partial charge in [0.15, 0.2) is 0 Å². The SMILES string of the molecule is CCCCCCC(C)CCCC(C)C(C)O. The Kier molecular flexibility index (Phi) is 10.1. The molecule has 0 aliphatic carbocycles. The van der Waals surface area contributed by atoms with E-state index in [1.165, 1.54) is 51.4 Å². The highest BCUT2D eigenvalue weighted by Gasteiger charge is 2.09. The van der Waals surface area contributed by atoms with Crippen LogP contribution >= 0.6 is 0 Å². The lowest BCUT2D eigenvalue weighted by molar-refractivity contribution is 0.127. The fourth-order valence-electron chi connectivity index (χ4n) is 2.09. The van der Waals surface area contributed by atoms with E-state index in [1.54, 1.807) is 0 Å². The van der Waals surface area contributed by atoms with E-state index < -0.39 is 0 Å². The third-order valence-electron chi connectivity index (χ3n) is 3.73. The molecule has 0 aromatic rings. The molecule has 0 aromatic heterocycles. The average Bonchev–Trinajstić information content (AvgIpc) is 2.24. The van der Waals surface area contributed by atoms with Crippen molar-refractivity contribution in [2.75, 3.05) is 0 Å².